The van der Waals surface area contributed by atoms with Crippen molar-refractivity contribution in [3.05, 3.63) is 23.9 Å². The molecule has 0 fully saturated rings. The number of hydrogen-bond donors (Lipinski definition) is 1. The van der Waals surface area contributed by atoms with Crippen LogP contribution in [0.5, 0.6) is 5.88 Å². The Balaban J connectivity index is 2.76. The second-order valence-corrected chi connectivity index (χ2v) is 6.04. The number of aliphatic hydroxyl groups excluding tert-OH is 1. The Kier molecular flexibility index (Phi) is 4.80. The van der Waals surface area contributed by atoms with Gasteiger partial charge in [0.15, 0.2) is 0 Å². The number of aromatic nitrogens is 1. The van der Waals surface area contributed by atoms with Crippen LogP contribution in [0, 0.1) is 0 Å². The van der Waals surface area contributed by atoms with E-state index in [0.29, 0.717) is 6.42 Å². The molecule has 9 heteroatoms. The predicted molar refractivity (Wildman–Crippen MR) is 74.1 cm³/mol. The van der Waals surface area contributed by atoms with Crippen LogP contribution in [0.1, 0.15) is 5.56 Å². The van der Waals surface area contributed by atoms with Gasteiger partial charge in [-0.25, -0.2) is 4.98 Å². The lowest BCUT2D eigenvalue weighted by Crippen LogP contribution is -2.36. The highest BCUT2D eigenvalue weighted by atomic mass is 31.2. The largest absolute Gasteiger partial charge is 0.396 e. The highest BCUT2D eigenvalue weighted by Gasteiger charge is 2.41. The van der Waals surface area contributed by atoms with Crippen molar-refractivity contribution in [2.45, 2.75) is 11.3 Å². The van der Waals surface area contributed by atoms with Gasteiger partial charge in [-0.05, 0) is 16.8 Å². The molecule has 0 unspecified atom stereocenters. The molecule has 76 valence electrons. The first-order valence-corrected chi connectivity index (χ1v) is 6.69. The third-order valence-electron chi connectivity index (χ3n) is 2.05. The summed E-state index contributed by atoms with van der Waals surface area (Å²) in [5, 5.41) is 8.74. The van der Waals surface area contributed by atoms with Gasteiger partial charge in [0, 0.05) is 18.9 Å². The molecular formula is C8H8B5NO2P+. The second kappa shape index (κ2) is 5.54. The Morgan fingerprint density at radius 3 is 2.35 bits per heavy atom. The van der Waals surface area contributed by atoms with Gasteiger partial charge in [-0.15, -0.1) is 0 Å². The smallest absolute Gasteiger partial charge is 0.387 e. The van der Waals surface area contributed by atoms with Gasteiger partial charge in [-0.3, -0.25) is 0 Å². The Bertz CT molecular complexity index is 367. The zero-order valence-corrected chi connectivity index (χ0v) is 10.2. The van der Waals surface area contributed by atoms with Crippen molar-refractivity contribution in [3.8, 4) is 5.88 Å². The number of nitrogens with zero attached hydrogens (tertiary/aromatic N) is 1. The predicted octanol–water partition coefficient (Wildman–Crippen LogP) is -0.788. The maximum Gasteiger partial charge on any atom is 0.387 e. The van der Waals surface area contributed by atoms with Crippen LogP contribution in [0.2, 0.25) is 0 Å². The normalized spacial score (nSPS) is 12.3. The molecule has 1 heterocycles. The van der Waals surface area contributed by atoms with E-state index < -0.39 is 12.1 Å². The lowest BCUT2D eigenvalue weighted by Gasteiger charge is -2.32. The van der Waals surface area contributed by atoms with Crippen molar-refractivity contribution in [2.24, 2.45) is 0 Å². The molecule has 0 aliphatic heterocycles. The zero-order valence-electron chi connectivity index (χ0n) is 9.28. The quantitative estimate of drug-likeness (QED) is 0.537. The number of aliphatic hydroxyl groups is 1. The van der Waals surface area contributed by atoms with Crippen molar-refractivity contribution < 1.29 is 9.63 Å². The molecule has 0 amide bonds. The number of rotatable bonds is 5. The van der Waals surface area contributed by atoms with E-state index in [2.05, 4.69) is 4.98 Å². The molecule has 0 aliphatic carbocycles. The van der Waals surface area contributed by atoms with E-state index >= 15 is 0 Å². The van der Waals surface area contributed by atoms with Gasteiger partial charge in [-0.1, -0.05) is 6.07 Å². The van der Waals surface area contributed by atoms with Crippen LogP contribution in [0.4, 0.5) is 0 Å². The highest BCUT2D eigenvalue weighted by Crippen LogP contribution is 2.56. The Labute approximate surface area is 108 Å². The number of pyridine rings is 1. The Morgan fingerprint density at radius 2 is 1.94 bits per heavy atom. The fourth-order valence-electron chi connectivity index (χ4n) is 0.976. The van der Waals surface area contributed by atoms with Gasteiger partial charge in [-0.2, -0.15) is 0 Å². The van der Waals surface area contributed by atoms with E-state index in [4.69, 9.17) is 48.3 Å². The Hall–Kier alpha value is -0.335. The SMILES string of the molecule is [B]C([B])([B])[P+]([B])([B])Oc1ccc(CCO)cn1. The van der Waals surface area contributed by atoms with Crippen molar-refractivity contribution in [1.29, 1.82) is 0 Å². The topological polar surface area (TPSA) is 42.4 Å². The molecule has 1 aromatic rings. The van der Waals surface area contributed by atoms with Crippen molar-refractivity contribution in [2.75, 3.05) is 6.61 Å². The summed E-state index contributed by atoms with van der Waals surface area (Å²) < 4.78 is 5.22. The van der Waals surface area contributed by atoms with E-state index in [1.807, 2.05) is 0 Å². The summed E-state index contributed by atoms with van der Waals surface area (Å²) in [6.45, 7) is 0.0457. The summed E-state index contributed by atoms with van der Waals surface area (Å²) in [5.41, 5.74) is 0.859. The summed E-state index contributed by atoms with van der Waals surface area (Å²) in [5.74, 6) is 0.191. The molecule has 1 aromatic heterocycles. The standard InChI is InChI=1S/C8H8B5NO2P/c9-8(10,11)17(12,13)16-7-2-1-6(3-4-15)5-14-7/h1-2,5,15H,3-4H2/q+1. The van der Waals surface area contributed by atoms with Crippen LogP contribution >= 0.6 is 7.25 Å². The van der Waals surface area contributed by atoms with Gasteiger partial charge in [0.25, 0.3) is 5.88 Å². The molecule has 0 aliphatic rings. The molecule has 0 saturated heterocycles. The molecule has 0 spiro atoms. The van der Waals surface area contributed by atoms with Gasteiger partial charge in [0.1, 0.15) is 23.5 Å². The van der Waals surface area contributed by atoms with E-state index in [1.54, 1.807) is 12.1 Å². The number of hydrogen-bond acceptors (Lipinski definition) is 3. The molecule has 1 rings (SSSR count). The zero-order chi connectivity index (χ0) is 13.1. The van der Waals surface area contributed by atoms with Crippen LogP contribution in [0.25, 0.3) is 0 Å². The summed E-state index contributed by atoms with van der Waals surface area (Å²) in [6, 6.07) is 3.29. The summed E-state index contributed by atoms with van der Waals surface area (Å²) in [4.78, 5) is 2.17. The molecule has 0 aromatic carbocycles. The first-order valence-electron chi connectivity index (χ1n) is 4.84. The minimum atomic E-state index is -3.16. The van der Waals surface area contributed by atoms with Gasteiger partial charge < -0.3 is 9.63 Å². The van der Waals surface area contributed by atoms with Crippen molar-refractivity contribution in [3.63, 3.8) is 0 Å². The van der Waals surface area contributed by atoms with Crippen LogP contribution in [-0.4, -0.2) is 60.2 Å². The minimum Gasteiger partial charge on any atom is -0.396 e. The molecule has 0 bridgehead atoms. The summed E-state index contributed by atoms with van der Waals surface area (Å²) in [7, 11) is 24.3. The van der Waals surface area contributed by atoms with E-state index in [0.717, 1.165) is 5.56 Å². The van der Waals surface area contributed by atoms with Crippen LogP contribution in [0.3, 0.4) is 0 Å². The fourth-order valence-corrected chi connectivity index (χ4v) is 1.55. The van der Waals surface area contributed by atoms with Crippen LogP contribution in [-0.2, 0) is 6.42 Å². The van der Waals surface area contributed by atoms with Crippen molar-refractivity contribution in [1.82, 2.24) is 4.98 Å². The van der Waals surface area contributed by atoms with Gasteiger partial charge in [0.05, 0.1) is 7.25 Å². The lowest BCUT2D eigenvalue weighted by atomic mass is 9.56. The first kappa shape index (κ1) is 14.7. The van der Waals surface area contributed by atoms with E-state index in [9.17, 15) is 0 Å². The lowest BCUT2D eigenvalue weighted by molar-refractivity contribution is 0.299. The average molecular weight is 235 g/mol. The third-order valence-corrected chi connectivity index (χ3v) is 3.75. The summed E-state index contributed by atoms with van der Waals surface area (Å²) >= 11 is 0. The van der Waals surface area contributed by atoms with E-state index in [-0.39, 0.29) is 12.5 Å². The molecule has 10 radical (unpaired) electrons. The fraction of sp³-hybridized carbons (Fsp3) is 0.375. The molecule has 17 heavy (non-hydrogen) atoms. The molecular weight excluding hydrogens is 227 g/mol. The first-order chi connectivity index (χ1) is 7.76. The summed E-state index contributed by atoms with van der Waals surface area (Å²) in [6.07, 6.45) is 2.05. The molecule has 1 N–H and O–H groups in total. The van der Waals surface area contributed by atoms with Gasteiger partial charge >= 0.3 is 15.1 Å². The highest BCUT2D eigenvalue weighted by molar-refractivity contribution is 8.15. The molecule has 0 saturated carbocycles. The van der Waals surface area contributed by atoms with Crippen LogP contribution in [0.15, 0.2) is 18.3 Å². The maximum absolute atomic E-state index is 8.74. The third kappa shape index (κ3) is 4.11. The van der Waals surface area contributed by atoms with Crippen molar-refractivity contribution >= 4 is 45.9 Å². The Morgan fingerprint density at radius 1 is 1.29 bits per heavy atom. The molecule has 0 atom stereocenters. The second-order valence-electron chi connectivity index (χ2n) is 3.67. The average Bonchev–Trinajstić information content (AvgIpc) is 2.19. The minimum absolute atomic E-state index is 0.0457. The maximum atomic E-state index is 8.74. The monoisotopic (exact) mass is 236 g/mol. The van der Waals surface area contributed by atoms with E-state index in [1.165, 1.54) is 6.20 Å². The van der Waals surface area contributed by atoms with Crippen LogP contribution < -0.4 is 4.52 Å². The van der Waals surface area contributed by atoms with Gasteiger partial charge in [0.2, 0.25) is 0 Å². The molecule has 3 nitrogen and oxygen atoms in total.